The Morgan fingerprint density at radius 1 is 1.50 bits per heavy atom. The molecular formula is C8H13NO. The zero-order valence-corrected chi connectivity index (χ0v) is 6.22. The highest BCUT2D eigenvalue weighted by Crippen LogP contribution is 2.06. The highest BCUT2D eigenvalue weighted by molar-refractivity contribution is 5.07. The van der Waals surface area contributed by atoms with Crippen molar-refractivity contribution in [3.8, 4) is 0 Å². The zero-order chi connectivity index (χ0) is 7.56. The summed E-state index contributed by atoms with van der Waals surface area (Å²) in [4.78, 5) is 13.5. The van der Waals surface area contributed by atoms with Gasteiger partial charge in [-0.25, -0.2) is 0 Å². The van der Waals surface area contributed by atoms with Crippen LogP contribution in [0, 0.1) is 0 Å². The Bertz CT molecular complexity index is 267. The van der Waals surface area contributed by atoms with Gasteiger partial charge in [-0.3, -0.25) is 4.79 Å². The van der Waals surface area contributed by atoms with Crippen LogP contribution in [0.15, 0.2) is 23.0 Å². The molecule has 0 aliphatic rings. The second-order valence-corrected chi connectivity index (χ2v) is 2.63. The molecule has 1 rings (SSSR count). The normalized spacial score (nSPS) is 10.3. The number of hydrogen-bond acceptors (Lipinski definition) is 1. The largest absolute Gasteiger partial charge is 0.326 e. The average Bonchev–Trinajstić information content (AvgIpc) is 1.88. The Morgan fingerprint density at radius 2 is 2.20 bits per heavy atom. The first kappa shape index (κ1) is 7.06. The van der Waals surface area contributed by atoms with Crippen molar-refractivity contribution in [2.45, 2.75) is 19.8 Å². The molecule has 0 saturated carbocycles. The minimum atomic E-state index is -0.0220. The molecule has 1 aromatic heterocycles. The quantitative estimate of drug-likeness (QED) is 0.631. The van der Waals surface area contributed by atoms with Crippen LogP contribution in [-0.4, -0.2) is 4.98 Å². The molecule has 0 amide bonds. The number of pyridine rings is 1. The van der Waals surface area contributed by atoms with E-state index >= 15 is 0 Å². The molecule has 0 atom stereocenters. The van der Waals surface area contributed by atoms with Crippen LogP contribution in [0.3, 0.4) is 0 Å². The molecule has 0 bridgehead atoms. The standard InChI is InChI=1S/C8H11NO.H2/c1-6(2)7-4-3-5-8(10)9-7;/h3-6H,1-2H3,(H,9,10);1H. The molecule has 0 fully saturated rings. The van der Waals surface area contributed by atoms with Gasteiger partial charge in [0.1, 0.15) is 0 Å². The maximum atomic E-state index is 10.7. The monoisotopic (exact) mass is 139 g/mol. The van der Waals surface area contributed by atoms with Gasteiger partial charge in [-0.15, -0.1) is 0 Å². The molecule has 0 aromatic carbocycles. The minimum absolute atomic E-state index is 0. The predicted molar refractivity (Wildman–Crippen MR) is 43.3 cm³/mol. The van der Waals surface area contributed by atoms with Crippen molar-refractivity contribution in [2.24, 2.45) is 0 Å². The molecule has 0 unspecified atom stereocenters. The fourth-order valence-corrected chi connectivity index (χ4v) is 0.802. The number of rotatable bonds is 1. The van der Waals surface area contributed by atoms with E-state index < -0.39 is 0 Å². The van der Waals surface area contributed by atoms with Gasteiger partial charge in [0.25, 0.3) is 0 Å². The first-order valence-corrected chi connectivity index (χ1v) is 3.39. The maximum Gasteiger partial charge on any atom is 0.248 e. The number of aromatic nitrogens is 1. The Hall–Kier alpha value is -1.05. The van der Waals surface area contributed by atoms with Gasteiger partial charge < -0.3 is 4.98 Å². The zero-order valence-electron chi connectivity index (χ0n) is 6.22. The molecular weight excluding hydrogens is 126 g/mol. The number of hydrogen-bond donors (Lipinski definition) is 1. The van der Waals surface area contributed by atoms with Gasteiger partial charge in [-0.2, -0.15) is 0 Å². The molecule has 2 heteroatoms. The lowest BCUT2D eigenvalue weighted by atomic mass is 10.1. The summed E-state index contributed by atoms with van der Waals surface area (Å²) in [6.45, 7) is 4.09. The van der Waals surface area contributed by atoms with Crippen molar-refractivity contribution >= 4 is 0 Å². The van der Waals surface area contributed by atoms with Crippen LogP contribution in [-0.2, 0) is 0 Å². The van der Waals surface area contributed by atoms with Crippen LogP contribution in [0.25, 0.3) is 0 Å². The molecule has 0 spiro atoms. The molecule has 1 aromatic rings. The van der Waals surface area contributed by atoms with Gasteiger partial charge in [-0.05, 0) is 12.0 Å². The van der Waals surface area contributed by atoms with Crippen molar-refractivity contribution in [3.63, 3.8) is 0 Å². The third kappa shape index (κ3) is 1.47. The van der Waals surface area contributed by atoms with Crippen molar-refractivity contribution in [3.05, 3.63) is 34.2 Å². The predicted octanol–water partition coefficient (Wildman–Crippen LogP) is 1.74. The van der Waals surface area contributed by atoms with Crippen LogP contribution in [0.5, 0.6) is 0 Å². The summed E-state index contributed by atoms with van der Waals surface area (Å²) in [5.41, 5.74) is 0.971. The third-order valence-electron chi connectivity index (χ3n) is 1.41. The molecule has 0 aliphatic heterocycles. The highest BCUT2D eigenvalue weighted by atomic mass is 16.1. The Labute approximate surface area is 61.4 Å². The fraction of sp³-hybridized carbons (Fsp3) is 0.375. The molecule has 10 heavy (non-hydrogen) atoms. The summed E-state index contributed by atoms with van der Waals surface area (Å²) < 4.78 is 0. The minimum Gasteiger partial charge on any atom is -0.326 e. The van der Waals surface area contributed by atoms with E-state index in [2.05, 4.69) is 4.98 Å². The second-order valence-electron chi connectivity index (χ2n) is 2.63. The summed E-state index contributed by atoms with van der Waals surface area (Å²) in [5.74, 6) is 0.397. The molecule has 1 N–H and O–H groups in total. The van der Waals surface area contributed by atoms with E-state index in [1.165, 1.54) is 6.07 Å². The summed E-state index contributed by atoms with van der Waals surface area (Å²) in [6.07, 6.45) is 0. The molecule has 0 saturated heterocycles. The van der Waals surface area contributed by atoms with Gasteiger partial charge in [0.2, 0.25) is 5.56 Å². The van der Waals surface area contributed by atoms with Crippen LogP contribution >= 0.6 is 0 Å². The van der Waals surface area contributed by atoms with E-state index in [4.69, 9.17) is 0 Å². The van der Waals surface area contributed by atoms with Crippen LogP contribution in [0.4, 0.5) is 0 Å². The summed E-state index contributed by atoms with van der Waals surface area (Å²) in [6, 6.07) is 5.21. The first-order valence-electron chi connectivity index (χ1n) is 3.39. The van der Waals surface area contributed by atoms with Crippen LogP contribution in [0.2, 0.25) is 0 Å². The Balaban J connectivity index is 0.000001000. The Morgan fingerprint density at radius 3 is 2.60 bits per heavy atom. The maximum absolute atomic E-state index is 10.7. The average molecular weight is 139 g/mol. The van der Waals surface area contributed by atoms with Gasteiger partial charge in [0, 0.05) is 13.2 Å². The number of H-pyrrole nitrogens is 1. The van der Waals surface area contributed by atoms with E-state index in [9.17, 15) is 4.79 Å². The Kier molecular flexibility index (Phi) is 1.90. The fourth-order valence-electron chi connectivity index (χ4n) is 0.802. The van der Waals surface area contributed by atoms with E-state index in [1.54, 1.807) is 6.07 Å². The van der Waals surface area contributed by atoms with E-state index in [0.717, 1.165) is 5.69 Å². The lowest BCUT2D eigenvalue weighted by Gasteiger charge is -2.01. The second kappa shape index (κ2) is 2.69. The number of aromatic amines is 1. The van der Waals surface area contributed by atoms with E-state index in [1.807, 2.05) is 19.9 Å². The molecule has 1 heterocycles. The molecule has 56 valence electrons. The first-order chi connectivity index (χ1) is 4.70. The van der Waals surface area contributed by atoms with Gasteiger partial charge in [0.05, 0.1) is 0 Å². The van der Waals surface area contributed by atoms with E-state index in [-0.39, 0.29) is 6.99 Å². The van der Waals surface area contributed by atoms with Crippen molar-refractivity contribution < 1.29 is 1.43 Å². The van der Waals surface area contributed by atoms with Gasteiger partial charge in [0.15, 0.2) is 0 Å². The van der Waals surface area contributed by atoms with Crippen molar-refractivity contribution in [1.82, 2.24) is 4.98 Å². The van der Waals surface area contributed by atoms with Crippen molar-refractivity contribution in [1.29, 1.82) is 0 Å². The lowest BCUT2D eigenvalue weighted by Crippen LogP contribution is -2.06. The highest BCUT2D eigenvalue weighted by Gasteiger charge is 1.96. The summed E-state index contributed by atoms with van der Waals surface area (Å²) in [7, 11) is 0. The SMILES string of the molecule is CC(C)c1cccc(=O)[nH]1.[HH]. The summed E-state index contributed by atoms with van der Waals surface area (Å²) in [5, 5.41) is 0. The smallest absolute Gasteiger partial charge is 0.248 e. The molecule has 0 radical (unpaired) electrons. The lowest BCUT2D eigenvalue weighted by molar-refractivity contribution is 0.816. The summed E-state index contributed by atoms with van der Waals surface area (Å²) >= 11 is 0. The van der Waals surface area contributed by atoms with E-state index in [0.29, 0.717) is 5.92 Å². The number of nitrogens with one attached hydrogen (secondary N) is 1. The van der Waals surface area contributed by atoms with Crippen LogP contribution < -0.4 is 5.56 Å². The van der Waals surface area contributed by atoms with Crippen LogP contribution in [0.1, 0.15) is 26.9 Å². The molecule has 0 aliphatic carbocycles. The topological polar surface area (TPSA) is 32.9 Å². The molecule has 2 nitrogen and oxygen atoms in total. The van der Waals surface area contributed by atoms with Gasteiger partial charge in [-0.1, -0.05) is 19.9 Å². The van der Waals surface area contributed by atoms with Gasteiger partial charge >= 0.3 is 0 Å². The third-order valence-corrected chi connectivity index (χ3v) is 1.41. The van der Waals surface area contributed by atoms with Crippen molar-refractivity contribution in [2.75, 3.05) is 0 Å².